The van der Waals surface area contributed by atoms with Gasteiger partial charge in [0.05, 0.1) is 10.3 Å². The molecule has 0 aliphatic carbocycles. The molecule has 1 atom stereocenters. The van der Waals surface area contributed by atoms with Gasteiger partial charge in [0.25, 0.3) is 5.91 Å². The monoisotopic (exact) mass is 528 g/mol. The maximum absolute atomic E-state index is 14.3. The number of furan rings is 1. The first-order valence-corrected chi connectivity index (χ1v) is 12.2. The highest BCUT2D eigenvalue weighted by molar-refractivity contribution is 7.22. The number of thiophene rings is 1. The van der Waals surface area contributed by atoms with Gasteiger partial charge < -0.3 is 9.52 Å². The fourth-order valence-corrected chi connectivity index (χ4v) is 6.09. The van der Waals surface area contributed by atoms with E-state index in [1.54, 1.807) is 35.7 Å². The number of aromatic nitrogens is 1. The maximum Gasteiger partial charge on any atom is 0.296 e. The van der Waals surface area contributed by atoms with Crippen molar-refractivity contribution in [3.63, 3.8) is 0 Å². The molecule has 4 heterocycles. The van der Waals surface area contributed by atoms with Crippen LogP contribution in [-0.2, 0) is 4.79 Å². The van der Waals surface area contributed by atoms with Gasteiger partial charge >= 0.3 is 0 Å². The van der Waals surface area contributed by atoms with Gasteiger partial charge in [-0.3, -0.25) is 14.5 Å². The quantitative estimate of drug-likeness (QED) is 0.259. The Labute approximate surface area is 208 Å². The molecule has 1 aliphatic heterocycles. The number of carbonyl (C=O) groups excluding carboxylic acids is 2. The van der Waals surface area contributed by atoms with Crippen molar-refractivity contribution in [3.8, 4) is 0 Å². The van der Waals surface area contributed by atoms with Crippen LogP contribution in [0.2, 0.25) is 5.02 Å². The van der Waals surface area contributed by atoms with E-state index in [1.807, 2.05) is 0 Å². The molecule has 35 heavy (non-hydrogen) atoms. The molecule has 174 valence electrons. The average molecular weight is 529 g/mol. The Kier molecular flexibility index (Phi) is 4.99. The normalized spacial score (nSPS) is 16.3. The van der Waals surface area contributed by atoms with Crippen molar-refractivity contribution in [2.24, 2.45) is 0 Å². The van der Waals surface area contributed by atoms with E-state index in [-0.39, 0.29) is 26.7 Å². The summed E-state index contributed by atoms with van der Waals surface area (Å²) in [5.41, 5.74) is 0.0986. The lowest BCUT2D eigenvalue weighted by Gasteiger charge is -2.22. The fourth-order valence-electron chi connectivity index (χ4n) is 4.06. The van der Waals surface area contributed by atoms with Crippen LogP contribution in [0, 0.1) is 11.6 Å². The van der Waals surface area contributed by atoms with E-state index in [9.17, 15) is 23.5 Å². The fraction of sp³-hybridized carbons (Fsp3) is 0.0417. The number of halogens is 3. The van der Waals surface area contributed by atoms with Crippen LogP contribution in [0.3, 0.4) is 0 Å². The van der Waals surface area contributed by atoms with Crippen molar-refractivity contribution in [2.75, 3.05) is 4.90 Å². The van der Waals surface area contributed by atoms with E-state index in [2.05, 4.69) is 4.98 Å². The van der Waals surface area contributed by atoms with Crippen molar-refractivity contribution in [1.29, 1.82) is 0 Å². The van der Waals surface area contributed by atoms with Gasteiger partial charge in [-0.15, -0.1) is 11.3 Å². The molecule has 2 aromatic carbocycles. The molecule has 1 N–H and O–H groups in total. The van der Waals surface area contributed by atoms with E-state index in [1.165, 1.54) is 17.4 Å². The minimum absolute atomic E-state index is 0.0126. The van der Waals surface area contributed by atoms with Crippen LogP contribution in [0.1, 0.15) is 21.5 Å². The molecule has 0 saturated heterocycles. The minimum Gasteiger partial charge on any atom is -0.503 e. The number of anilines is 1. The van der Waals surface area contributed by atoms with E-state index in [0.29, 0.717) is 26.9 Å². The largest absolute Gasteiger partial charge is 0.503 e. The highest BCUT2D eigenvalue weighted by Crippen LogP contribution is 2.46. The van der Waals surface area contributed by atoms with Gasteiger partial charge in [0, 0.05) is 21.4 Å². The van der Waals surface area contributed by atoms with Crippen LogP contribution in [0.25, 0.3) is 21.2 Å². The Morgan fingerprint density at radius 1 is 1.17 bits per heavy atom. The first kappa shape index (κ1) is 21.9. The van der Waals surface area contributed by atoms with Gasteiger partial charge in [0.2, 0.25) is 5.78 Å². The summed E-state index contributed by atoms with van der Waals surface area (Å²) < 4.78 is 33.9. The summed E-state index contributed by atoms with van der Waals surface area (Å²) in [6.45, 7) is 0. The van der Waals surface area contributed by atoms with Crippen molar-refractivity contribution in [2.45, 2.75) is 6.04 Å². The number of aliphatic hydroxyl groups is 1. The topological polar surface area (TPSA) is 83.6 Å². The molecule has 1 aliphatic rings. The molecule has 0 bridgehead atoms. The second-order valence-electron chi connectivity index (χ2n) is 7.71. The Morgan fingerprint density at radius 3 is 2.77 bits per heavy atom. The first-order valence-electron chi connectivity index (χ1n) is 10.1. The third kappa shape index (κ3) is 3.44. The Bertz CT molecular complexity index is 1710. The van der Waals surface area contributed by atoms with Crippen LogP contribution < -0.4 is 4.90 Å². The van der Waals surface area contributed by atoms with Gasteiger partial charge in [-0.1, -0.05) is 29.0 Å². The zero-order chi connectivity index (χ0) is 24.4. The van der Waals surface area contributed by atoms with Crippen LogP contribution in [0.5, 0.6) is 0 Å². The molecular formula is C24H11ClF2N2O4S2. The van der Waals surface area contributed by atoms with Crippen molar-refractivity contribution >= 4 is 72.3 Å². The number of nitrogens with zero attached hydrogens (tertiary/aromatic N) is 2. The van der Waals surface area contributed by atoms with Crippen LogP contribution in [-0.4, -0.2) is 21.8 Å². The molecule has 1 unspecified atom stereocenters. The smallest absolute Gasteiger partial charge is 0.296 e. The Hall–Kier alpha value is -3.60. The van der Waals surface area contributed by atoms with Crippen molar-refractivity contribution < 1.29 is 27.9 Å². The Morgan fingerprint density at radius 2 is 2.00 bits per heavy atom. The number of benzene rings is 2. The van der Waals surface area contributed by atoms with Gasteiger partial charge in [-0.25, -0.2) is 13.8 Å². The number of ketones is 1. The predicted molar refractivity (Wildman–Crippen MR) is 129 cm³/mol. The Balaban J connectivity index is 1.49. The second kappa shape index (κ2) is 7.98. The van der Waals surface area contributed by atoms with Gasteiger partial charge in [0.15, 0.2) is 22.5 Å². The lowest BCUT2D eigenvalue weighted by molar-refractivity contribution is -0.117. The van der Waals surface area contributed by atoms with Gasteiger partial charge in [-0.05, 0) is 41.8 Å². The third-order valence-corrected chi connectivity index (χ3v) is 7.74. The minimum atomic E-state index is -1.04. The molecule has 6 rings (SSSR count). The van der Waals surface area contributed by atoms with Gasteiger partial charge in [0.1, 0.15) is 23.0 Å². The highest BCUT2D eigenvalue weighted by Gasteiger charge is 2.47. The zero-order valence-corrected chi connectivity index (χ0v) is 19.7. The number of fused-ring (bicyclic) bond motifs is 2. The molecular weight excluding hydrogens is 518 g/mol. The summed E-state index contributed by atoms with van der Waals surface area (Å²) in [7, 11) is 0. The summed E-state index contributed by atoms with van der Waals surface area (Å²) in [6.07, 6.45) is 0. The van der Waals surface area contributed by atoms with Crippen LogP contribution in [0.15, 0.2) is 69.7 Å². The number of hydrogen-bond acceptors (Lipinski definition) is 7. The second-order valence-corrected chi connectivity index (χ2v) is 10.1. The van der Waals surface area contributed by atoms with E-state index in [4.69, 9.17) is 16.0 Å². The number of carbonyl (C=O) groups is 2. The molecule has 0 radical (unpaired) electrons. The number of rotatable bonds is 4. The summed E-state index contributed by atoms with van der Waals surface area (Å²) >= 11 is 8.17. The van der Waals surface area contributed by atoms with Crippen molar-refractivity contribution in [1.82, 2.24) is 4.98 Å². The number of aliphatic hydroxyl groups excluding tert-OH is 1. The molecule has 6 nitrogen and oxygen atoms in total. The number of thiazole rings is 1. The molecule has 5 aromatic rings. The lowest BCUT2D eigenvalue weighted by Crippen LogP contribution is -2.30. The van der Waals surface area contributed by atoms with Gasteiger partial charge in [-0.2, -0.15) is 0 Å². The average Bonchev–Trinajstić information content (AvgIpc) is 3.59. The SMILES string of the molecule is O=C(C1=C(O)C(=O)N(c2nc3c(F)cc(F)cc3s2)C1c1cccs1)c1cc2cc(Cl)ccc2o1. The molecule has 0 spiro atoms. The summed E-state index contributed by atoms with van der Waals surface area (Å²) in [5, 5.41) is 13.6. The highest BCUT2D eigenvalue weighted by atomic mass is 35.5. The number of amides is 1. The molecule has 3 aromatic heterocycles. The van der Waals surface area contributed by atoms with E-state index in [0.717, 1.165) is 22.3 Å². The summed E-state index contributed by atoms with van der Waals surface area (Å²) in [4.78, 5) is 32.7. The summed E-state index contributed by atoms with van der Waals surface area (Å²) in [5.74, 6) is -4.09. The molecule has 1 amide bonds. The zero-order valence-electron chi connectivity index (χ0n) is 17.3. The van der Waals surface area contributed by atoms with Crippen molar-refractivity contribution in [3.05, 3.63) is 92.5 Å². The maximum atomic E-state index is 14.3. The standard InChI is InChI=1S/C24H11ClF2N2O4S2/c25-11-3-4-14-10(6-11)7-15(33-14)21(30)18-20(16-2-1-5-34-16)29(23(32)22(18)31)24-28-19-13(27)8-12(26)9-17(19)35-24/h1-9,20,31H. The third-order valence-electron chi connectivity index (χ3n) is 5.58. The molecule has 11 heteroatoms. The molecule has 0 saturated carbocycles. The van der Waals surface area contributed by atoms with Crippen LogP contribution in [0.4, 0.5) is 13.9 Å². The predicted octanol–water partition coefficient (Wildman–Crippen LogP) is 6.82. The lowest BCUT2D eigenvalue weighted by atomic mass is 10.0. The number of hydrogen-bond donors (Lipinski definition) is 1. The van der Waals surface area contributed by atoms with Crippen LogP contribution >= 0.6 is 34.3 Å². The first-order chi connectivity index (χ1) is 16.8. The molecule has 0 fully saturated rings. The van der Waals surface area contributed by atoms with E-state index < -0.39 is 35.1 Å². The number of Topliss-reactive ketones (excluding diaryl/α,β-unsaturated/α-hetero) is 1. The summed E-state index contributed by atoms with van der Waals surface area (Å²) in [6, 6.07) is 10.5. The van der Waals surface area contributed by atoms with E-state index >= 15 is 0 Å².